The summed E-state index contributed by atoms with van der Waals surface area (Å²) in [6.45, 7) is 2.59. The van der Waals surface area contributed by atoms with Crippen LogP contribution in [0.1, 0.15) is 23.9 Å². The molecule has 1 amide bonds. The van der Waals surface area contributed by atoms with Crippen molar-refractivity contribution in [3.05, 3.63) is 71.2 Å². The Bertz CT molecular complexity index is 1100. The van der Waals surface area contributed by atoms with E-state index < -0.39 is 0 Å². The third-order valence-corrected chi connectivity index (χ3v) is 5.66. The molecule has 4 aromatic rings. The van der Waals surface area contributed by atoms with E-state index in [9.17, 15) is 4.79 Å². The average Bonchev–Trinajstić information content (AvgIpc) is 3.33. The fourth-order valence-corrected chi connectivity index (χ4v) is 4.04. The van der Waals surface area contributed by atoms with Crippen molar-refractivity contribution in [1.29, 1.82) is 0 Å². The third kappa shape index (κ3) is 3.68. The first-order chi connectivity index (χ1) is 13.7. The second-order valence-corrected chi connectivity index (χ2v) is 7.52. The SMILES string of the molecule is CCc1oc2ccccc2c1CN(C)C(=O)Cc1csc(-c2cccnc2)n1. The topological polar surface area (TPSA) is 59.2 Å². The largest absolute Gasteiger partial charge is 0.461 e. The molecular weight excluding hydrogens is 370 g/mol. The minimum absolute atomic E-state index is 0.0374. The predicted molar refractivity (Wildman–Crippen MR) is 111 cm³/mol. The molecule has 1 aromatic carbocycles. The van der Waals surface area contributed by atoms with Crippen LogP contribution in [0.3, 0.4) is 0 Å². The number of hydrogen-bond donors (Lipinski definition) is 0. The number of nitrogens with zero attached hydrogens (tertiary/aromatic N) is 3. The molecule has 0 aliphatic heterocycles. The van der Waals surface area contributed by atoms with Gasteiger partial charge in [-0.05, 0) is 18.2 Å². The smallest absolute Gasteiger partial charge is 0.228 e. The van der Waals surface area contributed by atoms with Crippen LogP contribution in [0.5, 0.6) is 0 Å². The number of fused-ring (bicyclic) bond motifs is 1. The molecule has 4 rings (SSSR count). The van der Waals surface area contributed by atoms with Crippen molar-refractivity contribution < 1.29 is 9.21 Å². The van der Waals surface area contributed by atoms with Crippen LogP contribution < -0.4 is 0 Å². The van der Waals surface area contributed by atoms with Gasteiger partial charge in [0.25, 0.3) is 0 Å². The second-order valence-electron chi connectivity index (χ2n) is 6.67. The molecule has 3 aromatic heterocycles. The Morgan fingerprint density at radius 1 is 1.21 bits per heavy atom. The number of rotatable bonds is 6. The molecule has 3 heterocycles. The van der Waals surface area contributed by atoms with Crippen molar-refractivity contribution in [2.45, 2.75) is 26.3 Å². The Labute approximate surface area is 167 Å². The molecule has 0 N–H and O–H groups in total. The average molecular weight is 391 g/mol. The van der Waals surface area contributed by atoms with Crippen molar-refractivity contribution in [2.75, 3.05) is 7.05 Å². The maximum absolute atomic E-state index is 12.8. The van der Waals surface area contributed by atoms with Gasteiger partial charge in [-0.25, -0.2) is 4.98 Å². The summed E-state index contributed by atoms with van der Waals surface area (Å²) in [5.74, 6) is 0.976. The molecule has 0 bridgehead atoms. The number of amides is 1. The van der Waals surface area contributed by atoms with Crippen molar-refractivity contribution in [3.63, 3.8) is 0 Å². The Morgan fingerprint density at radius 2 is 2.07 bits per heavy atom. The molecule has 0 fully saturated rings. The molecule has 0 radical (unpaired) electrons. The van der Waals surface area contributed by atoms with E-state index in [1.165, 1.54) is 11.3 Å². The van der Waals surface area contributed by atoms with Crippen LogP contribution in [-0.2, 0) is 24.2 Å². The molecule has 0 unspecified atom stereocenters. The number of furan rings is 1. The van der Waals surface area contributed by atoms with E-state index in [-0.39, 0.29) is 12.3 Å². The highest BCUT2D eigenvalue weighted by Gasteiger charge is 2.18. The van der Waals surface area contributed by atoms with Gasteiger partial charge in [-0.1, -0.05) is 25.1 Å². The van der Waals surface area contributed by atoms with Crippen LogP contribution in [-0.4, -0.2) is 27.8 Å². The number of aromatic nitrogens is 2. The zero-order chi connectivity index (χ0) is 19.5. The summed E-state index contributed by atoms with van der Waals surface area (Å²) >= 11 is 1.53. The van der Waals surface area contributed by atoms with Gasteiger partial charge in [-0.15, -0.1) is 11.3 Å². The van der Waals surface area contributed by atoms with E-state index in [2.05, 4.69) is 16.9 Å². The first-order valence-corrected chi connectivity index (χ1v) is 10.1. The summed E-state index contributed by atoms with van der Waals surface area (Å²) < 4.78 is 5.95. The Hall–Kier alpha value is -2.99. The summed E-state index contributed by atoms with van der Waals surface area (Å²) in [6, 6.07) is 11.8. The number of para-hydroxylation sites is 1. The Morgan fingerprint density at radius 3 is 2.86 bits per heavy atom. The predicted octanol–water partition coefficient (Wildman–Crippen LogP) is 4.71. The van der Waals surface area contributed by atoms with E-state index in [1.807, 2.05) is 48.8 Å². The van der Waals surface area contributed by atoms with Crippen molar-refractivity contribution in [1.82, 2.24) is 14.9 Å². The first kappa shape index (κ1) is 18.4. The van der Waals surface area contributed by atoms with Crippen LogP contribution in [0, 0.1) is 0 Å². The van der Waals surface area contributed by atoms with Gasteiger partial charge in [0, 0.05) is 54.3 Å². The van der Waals surface area contributed by atoms with Crippen molar-refractivity contribution >= 4 is 28.2 Å². The van der Waals surface area contributed by atoms with E-state index in [0.29, 0.717) is 6.54 Å². The molecule has 6 heteroatoms. The Balaban J connectivity index is 1.48. The molecule has 142 valence electrons. The maximum atomic E-state index is 12.8. The lowest BCUT2D eigenvalue weighted by molar-refractivity contribution is -0.129. The molecule has 0 saturated heterocycles. The number of hydrogen-bond acceptors (Lipinski definition) is 5. The number of aryl methyl sites for hydroxylation is 1. The molecule has 0 atom stereocenters. The quantitative estimate of drug-likeness (QED) is 0.477. The fraction of sp³-hybridized carbons (Fsp3) is 0.227. The summed E-state index contributed by atoms with van der Waals surface area (Å²) in [7, 11) is 1.83. The highest BCUT2D eigenvalue weighted by Crippen LogP contribution is 2.28. The third-order valence-electron chi connectivity index (χ3n) is 4.72. The normalized spacial score (nSPS) is 11.1. The molecule has 0 aliphatic carbocycles. The lowest BCUT2D eigenvalue weighted by Crippen LogP contribution is -2.28. The van der Waals surface area contributed by atoms with Crippen molar-refractivity contribution in [2.24, 2.45) is 0 Å². The standard InChI is InChI=1S/C22H21N3O2S/c1-3-19-18(17-8-4-5-9-20(17)27-19)13-25(2)21(26)11-16-14-28-22(24-16)15-7-6-10-23-12-15/h4-10,12,14H,3,11,13H2,1-2H3. The highest BCUT2D eigenvalue weighted by molar-refractivity contribution is 7.13. The maximum Gasteiger partial charge on any atom is 0.228 e. The molecule has 28 heavy (non-hydrogen) atoms. The molecule has 0 aliphatic rings. The van der Waals surface area contributed by atoms with Gasteiger partial charge < -0.3 is 9.32 Å². The monoisotopic (exact) mass is 391 g/mol. The second kappa shape index (κ2) is 7.94. The number of thiazole rings is 1. The summed E-state index contributed by atoms with van der Waals surface area (Å²) in [5.41, 5.74) is 3.71. The highest BCUT2D eigenvalue weighted by atomic mass is 32.1. The summed E-state index contributed by atoms with van der Waals surface area (Å²) in [5, 5.41) is 3.90. The van der Waals surface area contributed by atoms with Gasteiger partial charge in [0.15, 0.2) is 0 Å². The molecule has 0 spiro atoms. The lowest BCUT2D eigenvalue weighted by atomic mass is 10.1. The van der Waals surface area contributed by atoms with Crippen LogP contribution in [0.4, 0.5) is 0 Å². The van der Waals surface area contributed by atoms with Gasteiger partial charge in [0.2, 0.25) is 5.91 Å². The number of benzene rings is 1. The van der Waals surface area contributed by atoms with Gasteiger partial charge in [-0.2, -0.15) is 0 Å². The van der Waals surface area contributed by atoms with E-state index >= 15 is 0 Å². The molecule has 5 nitrogen and oxygen atoms in total. The van der Waals surface area contributed by atoms with Crippen LogP contribution in [0.15, 0.2) is 58.6 Å². The number of carbonyl (C=O) groups is 1. The lowest BCUT2D eigenvalue weighted by Gasteiger charge is -2.17. The fourth-order valence-electron chi connectivity index (χ4n) is 3.23. The van der Waals surface area contributed by atoms with Crippen molar-refractivity contribution in [3.8, 4) is 10.6 Å². The van der Waals surface area contributed by atoms with Gasteiger partial charge >= 0.3 is 0 Å². The number of pyridine rings is 1. The zero-order valence-electron chi connectivity index (χ0n) is 15.9. The van der Waals surface area contributed by atoms with Gasteiger partial charge in [0.1, 0.15) is 16.4 Å². The minimum atomic E-state index is 0.0374. The molecule has 0 saturated carbocycles. The minimum Gasteiger partial charge on any atom is -0.461 e. The Kier molecular flexibility index (Phi) is 5.21. The van der Waals surface area contributed by atoms with E-state index in [4.69, 9.17) is 4.42 Å². The van der Waals surface area contributed by atoms with Crippen LogP contribution >= 0.6 is 11.3 Å². The summed E-state index contributed by atoms with van der Waals surface area (Å²) in [6.07, 6.45) is 4.60. The molecular formula is C22H21N3O2S. The van der Waals surface area contributed by atoms with Crippen LogP contribution in [0.25, 0.3) is 21.5 Å². The van der Waals surface area contributed by atoms with Gasteiger partial charge in [-0.3, -0.25) is 9.78 Å². The van der Waals surface area contributed by atoms with E-state index in [1.54, 1.807) is 17.3 Å². The first-order valence-electron chi connectivity index (χ1n) is 9.23. The number of carbonyl (C=O) groups excluding carboxylic acids is 1. The van der Waals surface area contributed by atoms with E-state index in [0.717, 1.165) is 45.0 Å². The van der Waals surface area contributed by atoms with Gasteiger partial charge in [0.05, 0.1) is 12.1 Å². The zero-order valence-corrected chi connectivity index (χ0v) is 16.7. The summed E-state index contributed by atoms with van der Waals surface area (Å²) in [4.78, 5) is 23.2. The number of likely N-dealkylation sites (N-methyl/N-ethyl adjacent to an activating group) is 1. The van der Waals surface area contributed by atoms with Crippen LogP contribution in [0.2, 0.25) is 0 Å².